The van der Waals surface area contributed by atoms with E-state index >= 15 is 0 Å². The third-order valence-corrected chi connectivity index (χ3v) is 6.53. The molecule has 0 fully saturated rings. The smallest absolute Gasteiger partial charge is 0.230 e. The van der Waals surface area contributed by atoms with E-state index in [4.69, 9.17) is 0 Å². The van der Waals surface area contributed by atoms with Crippen molar-refractivity contribution in [2.75, 3.05) is 12.3 Å². The predicted octanol–water partition coefficient (Wildman–Crippen LogP) is 4.72. The number of benzene rings is 2. The fourth-order valence-corrected chi connectivity index (χ4v) is 5.12. The van der Waals surface area contributed by atoms with Gasteiger partial charge in [0.2, 0.25) is 5.91 Å². The molecule has 1 N–H and O–H groups in total. The molecule has 138 valence electrons. The predicted molar refractivity (Wildman–Crippen MR) is 115 cm³/mol. The molecule has 0 bridgehead atoms. The van der Waals surface area contributed by atoms with E-state index in [-0.39, 0.29) is 5.91 Å². The molecular formula is C21H21N3OS2. The van der Waals surface area contributed by atoms with Crippen molar-refractivity contribution in [3.05, 3.63) is 59.5 Å². The fraction of sp³-hybridized carbons (Fsp3) is 0.238. The molecular weight excluding hydrogens is 374 g/mol. The number of fused-ring (bicyclic) bond motifs is 2. The number of thioether (sulfide) groups is 1. The first kappa shape index (κ1) is 18.1. The normalized spacial score (nSPS) is 11.3. The van der Waals surface area contributed by atoms with Crippen LogP contribution in [0.1, 0.15) is 12.5 Å². The van der Waals surface area contributed by atoms with Gasteiger partial charge in [-0.05, 0) is 47.9 Å². The quantitative estimate of drug-likeness (QED) is 0.461. The standard InChI is InChI=1S/C21H21N3OS2/c1-2-24-18-9-5-4-8-17(18)23-21(24)27-14-20(25)22-12-11-15-13-26-19-10-6-3-7-16(15)19/h3-10,13H,2,11-12,14H2,1H3,(H,22,25). The first-order valence-electron chi connectivity index (χ1n) is 9.06. The summed E-state index contributed by atoms with van der Waals surface area (Å²) in [6.45, 7) is 3.60. The lowest BCUT2D eigenvalue weighted by atomic mass is 10.1. The summed E-state index contributed by atoms with van der Waals surface area (Å²) in [5.41, 5.74) is 3.40. The van der Waals surface area contributed by atoms with Crippen molar-refractivity contribution in [3.8, 4) is 0 Å². The zero-order valence-corrected chi connectivity index (χ0v) is 16.8. The highest BCUT2D eigenvalue weighted by Crippen LogP contribution is 2.26. The number of rotatable bonds is 7. The molecule has 2 aromatic carbocycles. The second kappa shape index (κ2) is 8.15. The number of aromatic nitrogens is 2. The Hall–Kier alpha value is -2.31. The number of amides is 1. The van der Waals surface area contributed by atoms with Gasteiger partial charge >= 0.3 is 0 Å². The number of hydrogen-bond donors (Lipinski definition) is 1. The second-order valence-electron chi connectivity index (χ2n) is 6.27. The zero-order chi connectivity index (χ0) is 18.6. The van der Waals surface area contributed by atoms with Crippen LogP contribution in [0.5, 0.6) is 0 Å². The van der Waals surface area contributed by atoms with Crippen LogP contribution in [0.15, 0.2) is 59.1 Å². The molecule has 0 aliphatic rings. The maximum Gasteiger partial charge on any atom is 0.230 e. The molecule has 0 saturated carbocycles. The molecule has 4 rings (SSSR count). The largest absolute Gasteiger partial charge is 0.355 e. The average molecular weight is 396 g/mol. The molecule has 27 heavy (non-hydrogen) atoms. The van der Waals surface area contributed by atoms with Gasteiger partial charge in [-0.1, -0.05) is 42.1 Å². The maximum absolute atomic E-state index is 12.3. The zero-order valence-electron chi connectivity index (χ0n) is 15.1. The van der Waals surface area contributed by atoms with Crippen LogP contribution in [0.4, 0.5) is 0 Å². The number of imidazole rings is 1. The van der Waals surface area contributed by atoms with Gasteiger partial charge in [0.15, 0.2) is 5.16 Å². The summed E-state index contributed by atoms with van der Waals surface area (Å²) in [4.78, 5) is 16.9. The van der Waals surface area contributed by atoms with E-state index in [0.29, 0.717) is 12.3 Å². The van der Waals surface area contributed by atoms with Crippen LogP contribution in [0.3, 0.4) is 0 Å². The lowest BCUT2D eigenvalue weighted by Gasteiger charge is -2.07. The van der Waals surface area contributed by atoms with Crippen LogP contribution < -0.4 is 5.32 Å². The number of aryl methyl sites for hydroxylation is 1. The Morgan fingerprint density at radius 2 is 2.00 bits per heavy atom. The summed E-state index contributed by atoms with van der Waals surface area (Å²) >= 11 is 3.26. The number of thiophene rings is 1. The molecule has 0 aliphatic carbocycles. The van der Waals surface area contributed by atoms with Gasteiger partial charge in [0.25, 0.3) is 0 Å². The molecule has 2 heterocycles. The Kier molecular flexibility index (Phi) is 5.45. The van der Waals surface area contributed by atoms with Gasteiger partial charge in [0.1, 0.15) is 0 Å². The summed E-state index contributed by atoms with van der Waals surface area (Å²) < 4.78 is 3.46. The topological polar surface area (TPSA) is 46.9 Å². The average Bonchev–Trinajstić information content (AvgIpc) is 3.27. The second-order valence-corrected chi connectivity index (χ2v) is 8.13. The minimum Gasteiger partial charge on any atom is -0.355 e. The van der Waals surface area contributed by atoms with E-state index in [1.54, 1.807) is 11.3 Å². The molecule has 1 amide bonds. The van der Waals surface area contributed by atoms with Gasteiger partial charge in [0, 0.05) is 17.8 Å². The van der Waals surface area contributed by atoms with E-state index in [2.05, 4.69) is 57.5 Å². The lowest BCUT2D eigenvalue weighted by Crippen LogP contribution is -2.27. The molecule has 6 heteroatoms. The van der Waals surface area contributed by atoms with Crippen LogP contribution in [0.25, 0.3) is 21.1 Å². The van der Waals surface area contributed by atoms with E-state index < -0.39 is 0 Å². The summed E-state index contributed by atoms with van der Waals surface area (Å²) in [5.74, 6) is 0.433. The molecule has 0 saturated heterocycles. The highest BCUT2D eigenvalue weighted by molar-refractivity contribution is 7.99. The van der Waals surface area contributed by atoms with E-state index in [9.17, 15) is 4.79 Å². The minimum atomic E-state index is 0.0502. The van der Waals surface area contributed by atoms with E-state index in [1.807, 2.05) is 18.2 Å². The Bertz CT molecular complexity index is 1080. The molecule has 4 aromatic rings. The van der Waals surface area contributed by atoms with Crippen LogP contribution in [-0.4, -0.2) is 27.8 Å². The first-order chi connectivity index (χ1) is 13.3. The van der Waals surface area contributed by atoms with Gasteiger partial charge in [-0.25, -0.2) is 4.98 Å². The van der Waals surface area contributed by atoms with Crippen LogP contribution in [0, 0.1) is 0 Å². The van der Waals surface area contributed by atoms with E-state index in [0.717, 1.165) is 29.2 Å². The highest BCUT2D eigenvalue weighted by Gasteiger charge is 2.12. The van der Waals surface area contributed by atoms with Crippen molar-refractivity contribution < 1.29 is 4.79 Å². The summed E-state index contributed by atoms with van der Waals surface area (Å²) in [6, 6.07) is 16.5. The first-order valence-corrected chi connectivity index (χ1v) is 10.9. The van der Waals surface area contributed by atoms with Gasteiger partial charge in [0.05, 0.1) is 16.8 Å². The van der Waals surface area contributed by atoms with Crippen molar-refractivity contribution in [2.24, 2.45) is 0 Å². The van der Waals surface area contributed by atoms with Crippen LogP contribution in [-0.2, 0) is 17.8 Å². The molecule has 0 atom stereocenters. The molecule has 2 aromatic heterocycles. The minimum absolute atomic E-state index is 0.0502. The summed E-state index contributed by atoms with van der Waals surface area (Å²) in [6.07, 6.45) is 0.855. The number of carbonyl (C=O) groups excluding carboxylic acids is 1. The van der Waals surface area contributed by atoms with Gasteiger partial charge in [-0.2, -0.15) is 0 Å². The summed E-state index contributed by atoms with van der Waals surface area (Å²) in [5, 5.41) is 7.42. The molecule has 0 unspecified atom stereocenters. The molecule has 0 radical (unpaired) electrons. The highest BCUT2D eigenvalue weighted by atomic mass is 32.2. The number of carbonyl (C=O) groups is 1. The Labute approximate surface area is 166 Å². The van der Waals surface area contributed by atoms with Gasteiger partial charge in [-0.15, -0.1) is 11.3 Å². The molecule has 0 spiro atoms. The SMILES string of the molecule is CCn1c(SCC(=O)NCCc2csc3ccccc23)nc2ccccc21. The lowest BCUT2D eigenvalue weighted by molar-refractivity contribution is -0.118. The monoisotopic (exact) mass is 395 g/mol. The number of hydrogen-bond acceptors (Lipinski definition) is 4. The van der Waals surface area contributed by atoms with Crippen molar-refractivity contribution in [3.63, 3.8) is 0 Å². The third-order valence-electron chi connectivity index (χ3n) is 4.55. The fourth-order valence-electron chi connectivity index (χ4n) is 3.21. The van der Waals surface area contributed by atoms with Crippen molar-refractivity contribution in [1.29, 1.82) is 0 Å². The molecule has 4 nitrogen and oxygen atoms in total. The van der Waals surface area contributed by atoms with Gasteiger partial charge < -0.3 is 9.88 Å². The van der Waals surface area contributed by atoms with Crippen LogP contribution >= 0.6 is 23.1 Å². The maximum atomic E-state index is 12.3. The Morgan fingerprint density at radius 3 is 2.89 bits per heavy atom. The third kappa shape index (κ3) is 3.87. The number of para-hydroxylation sites is 2. The number of nitrogens with zero attached hydrogens (tertiary/aromatic N) is 2. The Balaban J connectivity index is 1.32. The van der Waals surface area contributed by atoms with Crippen molar-refractivity contribution >= 4 is 50.1 Å². The van der Waals surface area contributed by atoms with Crippen molar-refractivity contribution in [1.82, 2.24) is 14.9 Å². The van der Waals surface area contributed by atoms with Gasteiger partial charge in [-0.3, -0.25) is 4.79 Å². The molecule has 0 aliphatic heterocycles. The van der Waals surface area contributed by atoms with Crippen LogP contribution in [0.2, 0.25) is 0 Å². The van der Waals surface area contributed by atoms with Crippen molar-refractivity contribution in [2.45, 2.75) is 25.0 Å². The van der Waals surface area contributed by atoms with E-state index in [1.165, 1.54) is 27.4 Å². The summed E-state index contributed by atoms with van der Waals surface area (Å²) in [7, 11) is 0. The number of nitrogens with one attached hydrogen (secondary N) is 1. The Morgan fingerprint density at radius 1 is 1.19 bits per heavy atom.